The Morgan fingerprint density at radius 1 is 1.33 bits per heavy atom. The summed E-state index contributed by atoms with van der Waals surface area (Å²) in [6.07, 6.45) is 2.18. The van der Waals surface area contributed by atoms with Crippen LogP contribution >= 0.6 is 0 Å². The second-order valence-electron chi connectivity index (χ2n) is 7.07. The number of hydrogen-bond donors (Lipinski definition) is 1. The molecule has 0 aliphatic carbocycles. The van der Waals surface area contributed by atoms with Crippen molar-refractivity contribution in [3.8, 4) is 0 Å². The van der Waals surface area contributed by atoms with Crippen LogP contribution < -0.4 is 5.32 Å². The Morgan fingerprint density at radius 2 is 2.00 bits per heavy atom. The Labute approximate surface area is 143 Å². The molecule has 1 saturated heterocycles. The molecule has 0 bridgehead atoms. The van der Waals surface area contributed by atoms with Crippen molar-refractivity contribution in [1.82, 2.24) is 10.2 Å². The molecule has 132 valence electrons. The molecule has 0 unspecified atom stereocenters. The van der Waals surface area contributed by atoms with Gasteiger partial charge in [-0.15, -0.1) is 0 Å². The summed E-state index contributed by atoms with van der Waals surface area (Å²) >= 11 is 0. The van der Waals surface area contributed by atoms with Crippen LogP contribution in [0.4, 0.5) is 5.69 Å². The van der Waals surface area contributed by atoms with Crippen molar-refractivity contribution >= 4 is 11.6 Å². The summed E-state index contributed by atoms with van der Waals surface area (Å²) in [7, 11) is 0. The molecule has 2 atom stereocenters. The van der Waals surface area contributed by atoms with Crippen LogP contribution in [0.2, 0.25) is 0 Å². The quantitative estimate of drug-likeness (QED) is 0.493. The molecule has 24 heavy (non-hydrogen) atoms. The lowest BCUT2D eigenvalue weighted by Crippen LogP contribution is -2.40. The van der Waals surface area contributed by atoms with E-state index in [0.29, 0.717) is 17.7 Å². The standard InChI is InChI=1S/C18H27N3O3/c1-13-9-14(2)12-20(11-13)8-4-7-19-18(22)16-6-5-15(3)17(10-16)21(23)24/h5-6,10,13-14H,4,7-9,11-12H2,1-3H3,(H,19,22)/t13-,14+. The maximum Gasteiger partial charge on any atom is 0.273 e. The van der Waals surface area contributed by atoms with E-state index in [1.165, 1.54) is 12.5 Å². The van der Waals surface area contributed by atoms with E-state index in [0.717, 1.165) is 37.9 Å². The number of hydrogen-bond acceptors (Lipinski definition) is 4. The number of nitro benzene ring substituents is 1. The number of carbonyl (C=O) groups excluding carboxylic acids is 1. The molecule has 1 aromatic rings. The largest absolute Gasteiger partial charge is 0.352 e. The monoisotopic (exact) mass is 333 g/mol. The highest BCUT2D eigenvalue weighted by Gasteiger charge is 2.21. The van der Waals surface area contributed by atoms with Gasteiger partial charge in [0.15, 0.2) is 0 Å². The fourth-order valence-electron chi connectivity index (χ4n) is 3.53. The first-order valence-corrected chi connectivity index (χ1v) is 8.62. The van der Waals surface area contributed by atoms with Gasteiger partial charge in [0.05, 0.1) is 4.92 Å². The third kappa shape index (κ3) is 5.03. The zero-order chi connectivity index (χ0) is 17.7. The molecule has 0 saturated carbocycles. The van der Waals surface area contributed by atoms with E-state index in [-0.39, 0.29) is 11.6 Å². The van der Waals surface area contributed by atoms with Gasteiger partial charge in [-0.2, -0.15) is 0 Å². The SMILES string of the molecule is Cc1ccc(C(=O)NCCCN2C[C@H](C)C[C@H](C)C2)cc1[N+](=O)[O-]. The van der Waals surface area contributed by atoms with E-state index in [4.69, 9.17) is 0 Å². The smallest absolute Gasteiger partial charge is 0.273 e. The second-order valence-corrected chi connectivity index (χ2v) is 7.07. The lowest BCUT2D eigenvalue weighted by Gasteiger charge is -2.34. The molecule has 1 aliphatic heterocycles. The van der Waals surface area contributed by atoms with E-state index in [1.54, 1.807) is 19.1 Å². The maximum absolute atomic E-state index is 12.1. The third-order valence-corrected chi connectivity index (χ3v) is 4.55. The van der Waals surface area contributed by atoms with Gasteiger partial charge in [-0.1, -0.05) is 19.9 Å². The molecule has 0 radical (unpaired) electrons. The highest BCUT2D eigenvalue weighted by atomic mass is 16.6. The highest BCUT2D eigenvalue weighted by Crippen LogP contribution is 2.21. The van der Waals surface area contributed by atoms with E-state index in [1.807, 2.05) is 0 Å². The molecular weight excluding hydrogens is 306 g/mol. The van der Waals surface area contributed by atoms with E-state index >= 15 is 0 Å². The summed E-state index contributed by atoms with van der Waals surface area (Å²) in [4.78, 5) is 25.1. The number of likely N-dealkylation sites (tertiary alicyclic amines) is 1. The second kappa shape index (κ2) is 8.24. The van der Waals surface area contributed by atoms with Crippen molar-refractivity contribution in [2.45, 2.75) is 33.6 Å². The first kappa shape index (κ1) is 18.4. The lowest BCUT2D eigenvalue weighted by molar-refractivity contribution is -0.385. The first-order chi connectivity index (χ1) is 11.4. The normalized spacial score (nSPS) is 21.5. The number of aryl methyl sites for hydroxylation is 1. The molecule has 1 aromatic carbocycles. The van der Waals surface area contributed by atoms with Gasteiger partial charge in [0.1, 0.15) is 0 Å². The summed E-state index contributed by atoms with van der Waals surface area (Å²) in [5, 5.41) is 13.8. The Morgan fingerprint density at radius 3 is 2.62 bits per heavy atom. The number of benzene rings is 1. The van der Waals surface area contributed by atoms with Crippen LogP contribution in [-0.2, 0) is 0 Å². The van der Waals surface area contributed by atoms with Gasteiger partial charge in [0.25, 0.3) is 11.6 Å². The predicted molar refractivity (Wildman–Crippen MR) is 94.2 cm³/mol. The number of piperidine rings is 1. The molecule has 0 aromatic heterocycles. The van der Waals surface area contributed by atoms with Crippen LogP contribution in [-0.4, -0.2) is 41.9 Å². The number of nitrogens with one attached hydrogen (secondary N) is 1. The average Bonchev–Trinajstić information content (AvgIpc) is 2.50. The van der Waals surface area contributed by atoms with Crippen LogP contribution in [0.3, 0.4) is 0 Å². The molecule has 6 heteroatoms. The van der Waals surface area contributed by atoms with Crippen molar-refractivity contribution < 1.29 is 9.72 Å². The van der Waals surface area contributed by atoms with Gasteiger partial charge in [-0.05, 0) is 44.2 Å². The molecule has 0 spiro atoms. The Hall–Kier alpha value is -1.95. The molecular formula is C18H27N3O3. The fourth-order valence-corrected chi connectivity index (χ4v) is 3.53. The van der Waals surface area contributed by atoms with E-state index in [9.17, 15) is 14.9 Å². The summed E-state index contributed by atoms with van der Waals surface area (Å²) in [6.45, 7) is 10.1. The van der Waals surface area contributed by atoms with Gasteiger partial charge in [-0.3, -0.25) is 14.9 Å². The summed E-state index contributed by atoms with van der Waals surface area (Å²) in [5.74, 6) is 1.21. The maximum atomic E-state index is 12.1. The van der Waals surface area contributed by atoms with Gasteiger partial charge in [-0.25, -0.2) is 0 Å². The van der Waals surface area contributed by atoms with Crippen LogP contribution in [0.1, 0.15) is 42.6 Å². The minimum atomic E-state index is -0.454. The van der Waals surface area contributed by atoms with Gasteiger partial charge in [0.2, 0.25) is 0 Å². The summed E-state index contributed by atoms with van der Waals surface area (Å²) in [5.41, 5.74) is 0.886. The number of nitrogens with zero attached hydrogens (tertiary/aromatic N) is 2. The topological polar surface area (TPSA) is 75.5 Å². The molecule has 1 aliphatic rings. The Balaban J connectivity index is 1.79. The fraction of sp³-hybridized carbons (Fsp3) is 0.611. The van der Waals surface area contributed by atoms with Crippen molar-refractivity contribution in [2.24, 2.45) is 11.8 Å². The zero-order valence-corrected chi connectivity index (χ0v) is 14.7. The lowest BCUT2D eigenvalue weighted by atomic mass is 9.92. The average molecular weight is 333 g/mol. The number of amides is 1. The van der Waals surface area contributed by atoms with E-state index in [2.05, 4.69) is 24.1 Å². The van der Waals surface area contributed by atoms with Crippen molar-refractivity contribution in [2.75, 3.05) is 26.2 Å². The van der Waals surface area contributed by atoms with Crippen molar-refractivity contribution in [3.05, 3.63) is 39.4 Å². The van der Waals surface area contributed by atoms with Gasteiger partial charge < -0.3 is 10.2 Å². The van der Waals surface area contributed by atoms with E-state index < -0.39 is 4.92 Å². The van der Waals surface area contributed by atoms with Crippen molar-refractivity contribution in [3.63, 3.8) is 0 Å². The molecule has 1 heterocycles. The molecule has 1 fully saturated rings. The number of carbonyl (C=O) groups is 1. The minimum absolute atomic E-state index is 0.0149. The van der Waals surface area contributed by atoms with Crippen LogP contribution in [0.5, 0.6) is 0 Å². The summed E-state index contributed by atoms with van der Waals surface area (Å²) in [6, 6.07) is 4.59. The Bertz CT molecular complexity index is 593. The zero-order valence-electron chi connectivity index (χ0n) is 14.7. The number of nitro groups is 1. The van der Waals surface area contributed by atoms with Crippen LogP contribution in [0, 0.1) is 28.9 Å². The van der Waals surface area contributed by atoms with Gasteiger partial charge >= 0.3 is 0 Å². The van der Waals surface area contributed by atoms with Crippen molar-refractivity contribution in [1.29, 1.82) is 0 Å². The minimum Gasteiger partial charge on any atom is -0.352 e. The molecule has 2 rings (SSSR count). The molecule has 1 N–H and O–H groups in total. The summed E-state index contributed by atoms with van der Waals surface area (Å²) < 4.78 is 0. The first-order valence-electron chi connectivity index (χ1n) is 8.62. The van der Waals surface area contributed by atoms with Crippen LogP contribution in [0.15, 0.2) is 18.2 Å². The Kier molecular flexibility index (Phi) is 6.31. The predicted octanol–water partition coefficient (Wildman–Crippen LogP) is 3.00. The molecule has 6 nitrogen and oxygen atoms in total. The van der Waals surface area contributed by atoms with Crippen LogP contribution in [0.25, 0.3) is 0 Å². The number of rotatable bonds is 6. The molecule has 1 amide bonds. The highest BCUT2D eigenvalue weighted by molar-refractivity contribution is 5.94. The third-order valence-electron chi connectivity index (χ3n) is 4.55. The van der Waals surface area contributed by atoms with Gasteiger partial charge in [0, 0.05) is 36.8 Å².